The highest BCUT2D eigenvalue weighted by molar-refractivity contribution is 14.1. The van der Waals surface area contributed by atoms with Crippen LogP contribution in [-0.2, 0) is 18.0 Å². The zero-order valence-corrected chi connectivity index (χ0v) is 12.6. The molecule has 0 spiro atoms. The Morgan fingerprint density at radius 1 is 1.16 bits per heavy atom. The third-order valence-corrected chi connectivity index (χ3v) is 3.56. The van der Waals surface area contributed by atoms with Crippen molar-refractivity contribution in [3.8, 4) is 5.75 Å². The minimum atomic E-state index is 0.280. The molecule has 2 N–H and O–H groups in total. The molecule has 0 saturated heterocycles. The lowest BCUT2D eigenvalue weighted by Crippen LogP contribution is -2.10. The average molecular weight is 371 g/mol. The molecule has 19 heavy (non-hydrogen) atoms. The minimum Gasteiger partial charge on any atom is -0.486 e. The topological polar surface area (TPSA) is 70.3 Å². The van der Waals surface area contributed by atoms with E-state index >= 15 is 0 Å². The first kappa shape index (κ1) is 14.0. The molecule has 2 rings (SSSR count). The Bertz CT molecular complexity index is 549. The molecule has 5 nitrogen and oxygen atoms in total. The van der Waals surface area contributed by atoms with Gasteiger partial charge in [0.15, 0.2) is 5.82 Å². The van der Waals surface area contributed by atoms with Crippen molar-refractivity contribution >= 4 is 28.4 Å². The standard InChI is InChI=1S/C13H14IN3O2/c1-18-7-10-12(14)13(15)17-11(16-10)8-19-9-5-3-2-4-6-9/h2-6H,7-8H2,1H3,(H2,15,16,17). The quantitative estimate of drug-likeness (QED) is 0.818. The van der Waals surface area contributed by atoms with Crippen molar-refractivity contribution in [2.24, 2.45) is 0 Å². The van der Waals surface area contributed by atoms with E-state index in [0.717, 1.165) is 15.0 Å². The predicted molar refractivity (Wildman–Crippen MR) is 80.6 cm³/mol. The van der Waals surface area contributed by atoms with Gasteiger partial charge in [-0.1, -0.05) is 18.2 Å². The van der Waals surface area contributed by atoms with E-state index in [4.69, 9.17) is 15.2 Å². The molecule has 1 heterocycles. The number of ether oxygens (including phenoxy) is 2. The monoisotopic (exact) mass is 371 g/mol. The van der Waals surface area contributed by atoms with Gasteiger partial charge in [0.25, 0.3) is 0 Å². The molecule has 0 unspecified atom stereocenters. The molecule has 0 aliphatic carbocycles. The van der Waals surface area contributed by atoms with Crippen LogP contribution in [0.15, 0.2) is 30.3 Å². The smallest absolute Gasteiger partial charge is 0.168 e. The van der Waals surface area contributed by atoms with Crippen LogP contribution in [0.3, 0.4) is 0 Å². The Balaban J connectivity index is 2.12. The molecule has 0 aliphatic rings. The normalized spacial score (nSPS) is 10.4. The second-order valence-corrected chi connectivity index (χ2v) is 4.90. The largest absolute Gasteiger partial charge is 0.486 e. The zero-order chi connectivity index (χ0) is 13.7. The zero-order valence-electron chi connectivity index (χ0n) is 10.5. The predicted octanol–water partition coefficient (Wildman–Crippen LogP) is 2.39. The van der Waals surface area contributed by atoms with E-state index in [-0.39, 0.29) is 6.61 Å². The third-order valence-electron chi connectivity index (χ3n) is 2.38. The number of nitrogens with two attached hydrogens (primary N) is 1. The van der Waals surface area contributed by atoms with Crippen molar-refractivity contribution in [1.82, 2.24) is 9.97 Å². The van der Waals surface area contributed by atoms with Crippen molar-refractivity contribution in [1.29, 1.82) is 0 Å². The highest BCUT2D eigenvalue weighted by Crippen LogP contribution is 2.18. The van der Waals surface area contributed by atoms with Crippen LogP contribution in [0, 0.1) is 3.57 Å². The molecule has 0 bridgehead atoms. The van der Waals surface area contributed by atoms with Crippen molar-refractivity contribution in [2.45, 2.75) is 13.2 Å². The number of aromatic nitrogens is 2. The Kier molecular flexibility index (Phi) is 4.92. The maximum atomic E-state index is 5.85. The number of halogens is 1. The van der Waals surface area contributed by atoms with E-state index < -0.39 is 0 Å². The summed E-state index contributed by atoms with van der Waals surface area (Å²) in [4.78, 5) is 8.60. The lowest BCUT2D eigenvalue weighted by atomic mass is 10.3. The number of rotatable bonds is 5. The Morgan fingerprint density at radius 2 is 1.89 bits per heavy atom. The van der Waals surface area contributed by atoms with Crippen LogP contribution in [0.2, 0.25) is 0 Å². The third kappa shape index (κ3) is 3.77. The van der Waals surface area contributed by atoms with E-state index in [1.165, 1.54) is 0 Å². The number of nitrogens with zero attached hydrogens (tertiary/aromatic N) is 2. The van der Waals surface area contributed by atoms with Gasteiger partial charge in [0, 0.05) is 7.11 Å². The molecule has 0 saturated carbocycles. The fourth-order valence-electron chi connectivity index (χ4n) is 1.53. The summed E-state index contributed by atoms with van der Waals surface area (Å²) in [6.07, 6.45) is 0. The SMILES string of the molecule is COCc1nc(COc2ccccc2)nc(N)c1I. The summed E-state index contributed by atoms with van der Waals surface area (Å²) in [6, 6.07) is 9.52. The molecular weight excluding hydrogens is 357 g/mol. The Labute approximate surface area is 125 Å². The van der Waals surface area contributed by atoms with Crippen LogP contribution in [0.4, 0.5) is 5.82 Å². The second kappa shape index (κ2) is 6.67. The number of anilines is 1. The number of hydrogen-bond acceptors (Lipinski definition) is 5. The number of hydrogen-bond donors (Lipinski definition) is 1. The van der Waals surface area contributed by atoms with Gasteiger partial charge in [-0.25, -0.2) is 9.97 Å². The molecule has 1 aromatic heterocycles. The first-order chi connectivity index (χ1) is 9.20. The molecule has 0 aliphatic heterocycles. The summed E-state index contributed by atoms with van der Waals surface area (Å²) in [5.41, 5.74) is 6.63. The fourth-order valence-corrected chi connectivity index (χ4v) is 1.92. The summed E-state index contributed by atoms with van der Waals surface area (Å²) < 4.78 is 11.5. The molecule has 100 valence electrons. The van der Waals surface area contributed by atoms with Crippen molar-refractivity contribution < 1.29 is 9.47 Å². The van der Waals surface area contributed by atoms with Crippen LogP contribution in [0.25, 0.3) is 0 Å². The minimum absolute atomic E-state index is 0.280. The van der Waals surface area contributed by atoms with Gasteiger partial charge < -0.3 is 15.2 Å². The number of methoxy groups -OCH3 is 1. The molecular formula is C13H14IN3O2. The lowest BCUT2D eigenvalue weighted by Gasteiger charge is -2.09. The van der Waals surface area contributed by atoms with Crippen LogP contribution >= 0.6 is 22.6 Å². The average Bonchev–Trinajstić information content (AvgIpc) is 2.43. The summed E-state index contributed by atoms with van der Waals surface area (Å²) in [6.45, 7) is 0.686. The van der Waals surface area contributed by atoms with Crippen molar-refractivity contribution in [3.63, 3.8) is 0 Å². The molecule has 6 heteroatoms. The van der Waals surface area contributed by atoms with Gasteiger partial charge in [0.1, 0.15) is 18.2 Å². The molecule has 0 radical (unpaired) electrons. The van der Waals surface area contributed by atoms with Crippen LogP contribution < -0.4 is 10.5 Å². The fraction of sp³-hybridized carbons (Fsp3) is 0.231. The molecule has 1 aromatic carbocycles. The van der Waals surface area contributed by atoms with Gasteiger partial charge in [-0.15, -0.1) is 0 Å². The first-order valence-electron chi connectivity index (χ1n) is 5.68. The van der Waals surface area contributed by atoms with Gasteiger partial charge in [-0.3, -0.25) is 0 Å². The molecule has 0 atom stereocenters. The summed E-state index contributed by atoms with van der Waals surface area (Å²) in [5.74, 6) is 1.78. The van der Waals surface area contributed by atoms with E-state index in [2.05, 4.69) is 32.6 Å². The first-order valence-corrected chi connectivity index (χ1v) is 6.76. The summed E-state index contributed by atoms with van der Waals surface area (Å²) >= 11 is 2.11. The van der Waals surface area contributed by atoms with E-state index in [9.17, 15) is 0 Å². The Morgan fingerprint density at radius 3 is 2.58 bits per heavy atom. The highest BCUT2D eigenvalue weighted by Gasteiger charge is 2.10. The van der Waals surface area contributed by atoms with Gasteiger partial charge in [-0.05, 0) is 34.7 Å². The number of para-hydroxylation sites is 1. The van der Waals surface area contributed by atoms with E-state index in [1.807, 2.05) is 30.3 Å². The van der Waals surface area contributed by atoms with Crippen LogP contribution in [0.1, 0.15) is 11.5 Å². The van der Waals surface area contributed by atoms with Gasteiger partial charge in [-0.2, -0.15) is 0 Å². The molecule has 0 amide bonds. The Hall–Kier alpha value is -1.41. The van der Waals surface area contributed by atoms with Crippen molar-refractivity contribution in [2.75, 3.05) is 12.8 Å². The molecule has 2 aromatic rings. The van der Waals surface area contributed by atoms with Gasteiger partial charge in [0.05, 0.1) is 15.9 Å². The molecule has 0 fully saturated rings. The highest BCUT2D eigenvalue weighted by atomic mass is 127. The number of nitrogen functional groups attached to an aromatic ring is 1. The van der Waals surface area contributed by atoms with Gasteiger partial charge in [0.2, 0.25) is 0 Å². The summed E-state index contributed by atoms with van der Waals surface area (Å²) in [7, 11) is 1.62. The summed E-state index contributed by atoms with van der Waals surface area (Å²) in [5, 5.41) is 0. The number of benzene rings is 1. The van der Waals surface area contributed by atoms with Crippen molar-refractivity contribution in [3.05, 3.63) is 45.4 Å². The maximum Gasteiger partial charge on any atom is 0.168 e. The van der Waals surface area contributed by atoms with E-state index in [1.54, 1.807) is 7.11 Å². The lowest BCUT2D eigenvalue weighted by molar-refractivity contribution is 0.180. The maximum absolute atomic E-state index is 5.85. The van der Waals surface area contributed by atoms with E-state index in [0.29, 0.717) is 18.2 Å². The van der Waals surface area contributed by atoms with Crippen LogP contribution in [0.5, 0.6) is 5.75 Å². The van der Waals surface area contributed by atoms with Crippen LogP contribution in [-0.4, -0.2) is 17.1 Å². The van der Waals surface area contributed by atoms with Gasteiger partial charge >= 0.3 is 0 Å². The second-order valence-electron chi connectivity index (χ2n) is 3.82.